The Morgan fingerprint density at radius 3 is 1.92 bits per heavy atom. The average molecular weight is 344 g/mol. The summed E-state index contributed by atoms with van der Waals surface area (Å²) >= 11 is 0. The van der Waals surface area contributed by atoms with Crippen molar-refractivity contribution < 1.29 is 4.79 Å². The van der Waals surface area contributed by atoms with Gasteiger partial charge in [0, 0.05) is 23.5 Å². The van der Waals surface area contributed by atoms with Crippen LogP contribution in [0, 0.1) is 6.92 Å². The quantitative estimate of drug-likeness (QED) is 0.674. The highest BCUT2D eigenvalue weighted by Gasteiger charge is 2.15. The number of nitrogen functional groups attached to an aromatic ring is 1. The van der Waals surface area contributed by atoms with Gasteiger partial charge in [0.15, 0.2) is 0 Å². The van der Waals surface area contributed by atoms with E-state index in [1.807, 2.05) is 74.5 Å². The van der Waals surface area contributed by atoms with Crippen LogP contribution < -0.4 is 10.6 Å². The van der Waals surface area contributed by atoms with Crippen LogP contribution in [0.5, 0.6) is 0 Å². The molecule has 0 saturated carbocycles. The summed E-state index contributed by atoms with van der Waals surface area (Å²) in [6.07, 6.45) is 0.846. The van der Waals surface area contributed by atoms with E-state index in [1.165, 1.54) is 11.1 Å². The molecule has 0 unspecified atom stereocenters. The van der Waals surface area contributed by atoms with E-state index < -0.39 is 0 Å². The maximum atomic E-state index is 12.8. The molecule has 1 amide bonds. The molecule has 0 fully saturated rings. The molecule has 3 aromatic rings. The van der Waals surface area contributed by atoms with E-state index in [-0.39, 0.29) is 5.91 Å². The third-order valence-corrected chi connectivity index (χ3v) is 4.50. The predicted octanol–water partition coefficient (Wildman–Crippen LogP) is 4.83. The number of hydrogen-bond acceptors (Lipinski definition) is 2. The molecule has 0 aliphatic carbocycles. The highest BCUT2D eigenvalue weighted by Crippen LogP contribution is 2.20. The van der Waals surface area contributed by atoms with Gasteiger partial charge in [-0.1, -0.05) is 42.0 Å². The number of amides is 1. The van der Waals surface area contributed by atoms with Crippen molar-refractivity contribution in [3.63, 3.8) is 0 Å². The van der Waals surface area contributed by atoms with E-state index in [4.69, 9.17) is 5.73 Å². The number of hydrogen-bond donors (Lipinski definition) is 1. The molecule has 0 heterocycles. The van der Waals surface area contributed by atoms with Crippen molar-refractivity contribution in [3.8, 4) is 0 Å². The normalized spacial score (nSPS) is 10.5. The molecule has 0 aromatic heterocycles. The number of carbonyl (C=O) groups is 1. The Hall–Kier alpha value is -3.07. The largest absolute Gasteiger partial charge is 0.399 e. The van der Waals surface area contributed by atoms with E-state index in [0.29, 0.717) is 12.1 Å². The van der Waals surface area contributed by atoms with Crippen molar-refractivity contribution >= 4 is 17.3 Å². The van der Waals surface area contributed by atoms with Crippen molar-refractivity contribution in [1.29, 1.82) is 0 Å². The monoisotopic (exact) mass is 344 g/mol. The summed E-state index contributed by atoms with van der Waals surface area (Å²) in [6.45, 7) is 4.64. The molecule has 0 atom stereocenters. The van der Waals surface area contributed by atoms with E-state index in [1.54, 1.807) is 4.90 Å². The summed E-state index contributed by atoms with van der Waals surface area (Å²) in [6, 6.07) is 23.8. The lowest BCUT2D eigenvalue weighted by Crippen LogP contribution is -2.30. The number of carbonyl (C=O) groups excluding carboxylic acids is 1. The van der Waals surface area contributed by atoms with Gasteiger partial charge in [0.2, 0.25) is 0 Å². The van der Waals surface area contributed by atoms with Gasteiger partial charge in [-0.25, -0.2) is 0 Å². The second-order valence-corrected chi connectivity index (χ2v) is 6.50. The van der Waals surface area contributed by atoms with Crippen molar-refractivity contribution in [2.24, 2.45) is 0 Å². The van der Waals surface area contributed by atoms with E-state index in [0.717, 1.165) is 23.4 Å². The van der Waals surface area contributed by atoms with Gasteiger partial charge in [-0.3, -0.25) is 4.79 Å². The highest BCUT2D eigenvalue weighted by atomic mass is 16.2. The van der Waals surface area contributed by atoms with E-state index in [2.05, 4.69) is 12.1 Å². The average Bonchev–Trinajstić information content (AvgIpc) is 2.66. The Labute approximate surface area is 155 Å². The molecule has 0 aliphatic rings. The van der Waals surface area contributed by atoms with Gasteiger partial charge in [0.1, 0.15) is 0 Å². The number of benzene rings is 3. The minimum absolute atomic E-state index is 0.0267. The molecule has 0 aliphatic heterocycles. The summed E-state index contributed by atoms with van der Waals surface area (Å²) in [4.78, 5) is 14.6. The second-order valence-electron chi connectivity index (χ2n) is 6.50. The highest BCUT2D eigenvalue weighted by molar-refractivity contribution is 6.06. The van der Waals surface area contributed by atoms with Crippen LogP contribution in [0.3, 0.4) is 0 Å². The first-order valence-corrected chi connectivity index (χ1v) is 8.88. The van der Waals surface area contributed by atoms with Crippen LogP contribution in [-0.4, -0.2) is 12.5 Å². The fraction of sp³-hybridized carbons (Fsp3) is 0.174. The zero-order chi connectivity index (χ0) is 18.5. The van der Waals surface area contributed by atoms with Crippen molar-refractivity contribution in [3.05, 3.63) is 95.1 Å². The Balaban J connectivity index is 1.76. The molecule has 3 heteroatoms. The van der Waals surface area contributed by atoms with Gasteiger partial charge in [-0.2, -0.15) is 0 Å². The summed E-state index contributed by atoms with van der Waals surface area (Å²) in [7, 11) is 0. The fourth-order valence-corrected chi connectivity index (χ4v) is 2.96. The maximum Gasteiger partial charge on any atom is 0.258 e. The minimum atomic E-state index is 0.0267. The fourth-order valence-electron chi connectivity index (χ4n) is 2.96. The zero-order valence-corrected chi connectivity index (χ0v) is 15.3. The Kier molecular flexibility index (Phi) is 5.37. The van der Waals surface area contributed by atoms with E-state index >= 15 is 0 Å². The third-order valence-electron chi connectivity index (χ3n) is 4.50. The lowest BCUT2D eigenvalue weighted by Gasteiger charge is -2.21. The van der Waals surface area contributed by atoms with Gasteiger partial charge >= 0.3 is 0 Å². The van der Waals surface area contributed by atoms with Gasteiger partial charge in [0.25, 0.3) is 5.91 Å². The van der Waals surface area contributed by atoms with Crippen LogP contribution in [0.2, 0.25) is 0 Å². The second kappa shape index (κ2) is 7.87. The van der Waals surface area contributed by atoms with E-state index in [9.17, 15) is 4.79 Å². The van der Waals surface area contributed by atoms with Crippen LogP contribution in [0.15, 0.2) is 72.8 Å². The summed E-state index contributed by atoms with van der Waals surface area (Å²) in [5.41, 5.74) is 11.7. The number of nitrogens with zero attached hydrogens (tertiary/aromatic N) is 1. The molecule has 3 aromatic carbocycles. The number of anilines is 2. The zero-order valence-electron chi connectivity index (χ0n) is 15.3. The topological polar surface area (TPSA) is 46.3 Å². The molecule has 3 nitrogen and oxygen atoms in total. The Bertz CT molecular complexity index is 866. The molecule has 26 heavy (non-hydrogen) atoms. The van der Waals surface area contributed by atoms with Crippen LogP contribution >= 0.6 is 0 Å². The van der Waals surface area contributed by atoms with Crippen molar-refractivity contribution in [2.75, 3.05) is 17.2 Å². The number of rotatable bonds is 5. The first kappa shape index (κ1) is 17.7. The van der Waals surface area contributed by atoms with Crippen molar-refractivity contribution in [1.82, 2.24) is 0 Å². The van der Waals surface area contributed by atoms with Crippen LogP contribution in [0.25, 0.3) is 0 Å². The predicted molar refractivity (Wildman–Crippen MR) is 109 cm³/mol. The molecule has 3 rings (SSSR count). The first-order chi connectivity index (χ1) is 12.6. The van der Waals surface area contributed by atoms with Crippen LogP contribution in [-0.2, 0) is 6.42 Å². The molecule has 0 saturated heterocycles. The number of aryl methyl sites for hydroxylation is 1. The third kappa shape index (κ3) is 4.12. The number of nitrogens with two attached hydrogens (primary N) is 1. The molecule has 0 radical (unpaired) electrons. The van der Waals surface area contributed by atoms with Crippen LogP contribution in [0.4, 0.5) is 11.4 Å². The smallest absolute Gasteiger partial charge is 0.258 e. The molecule has 0 bridgehead atoms. The van der Waals surface area contributed by atoms with Gasteiger partial charge in [0.05, 0.1) is 0 Å². The molecule has 2 N–H and O–H groups in total. The molecule has 0 spiro atoms. The summed E-state index contributed by atoms with van der Waals surface area (Å²) in [5, 5.41) is 0. The first-order valence-electron chi connectivity index (χ1n) is 8.88. The van der Waals surface area contributed by atoms with Gasteiger partial charge < -0.3 is 10.6 Å². The lowest BCUT2D eigenvalue weighted by molar-refractivity contribution is 0.0988. The van der Waals surface area contributed by atoms with Gasteiger partial charge in [-0.15, -0.1) is 0 Å². The summed E-state index contributed by atoms with van der Waals surface area (Å²) < 4.78 is 0. The molecular weight excluding hydrogens is 320 g/mol. The SMILES string of the molecule is CCN(C(=O)c1ccc(C)cc1)c1ccc(Cc2ccc(N)cc2)cc1. The Morgan fingerprint density at radius 2 is 1.38 bits per heavy atom. The standard InChI is InChI=1S/C23H24N2O/c1-3-25(23(26)20-10-4-17(2)5-11-20)22-14-8-19(9-15-22)16-18-6-12-21(24)13-7-18/h4-15H,3,16,24H2,1-2H3. The molecule has 132 valence electrons. The van der Waals surface area contributed by atoms with Crippen molar-refractivity contribution in [2.45, 2.75) is 20.3 Å². The maximum absolute atomic E-state index is 12.8. The minimum Gasteiger partial charge on any atom is -0.399 e. The summed E-state index contributed by atoms with van der Waals surface area (Å²) in [5.74, 6) is 0.0267. The molecular formula is C23H24N2O. The van der Waals surface area contributed by atoms with Gasteiger partial charge in [-0.05, 0) is 67.8 Å². The lowest BCUT2D eigenvalue weighted by atomic mass is 10.0. The Morgan fingerprint density at radius 1 is 0.846 bits per heavy atom. The van der Waals surface area contributed by atoms with Crippen LogP contribution in [0.1, 0.15) is 34.0 Å².